The molecule has 0 unspecified atom stereocenters. The molecule has 2 amide bonds. The Balaban J connectivity index is 1.98. The largest absolute Gasteiger partial charge is 0.351 e. The topological polar surface area (TPSA) is 49.4 Å². The molecule has 0 bridgehead atoms. The van der Waals surface area contributed by atoms with Gasteiger partial charge in [-0.1, -0.05) is 32.8 Å². The van der Waals surface area contributed by atoms with Gasteiger partial charge in [-0.3, -0.25) is 9.59 Å². The van der Waals surface area contributed by atoms with Crippen LogP contribution in [0.3, 0.4) is 0 Å². The molecule has 0 aliphatic carbocycles. The van der Waals surface area contributed by atoms with Crippen LogP contribution in [0, 0.1) is 11.7 Å². The summed E-state index contributed by atoms with van der Waals surface area (Å²) in [5, 5.41) is 3.00. The summed E-state index contributed by atoms with van der Waals surface area (Å²) in [5.41, 5.74) is 0.547. The molecule has 5 heteroatoms. The van der Waals surface area contributed by atoms with Crippen molar-refractivity contribution in [2.75, 3.05) is 11.4 Å². The summed E-state index contributed by atoms with van der Waals surface area (Å²) < 4.78 is 13.3. The van der Waals surface area contributed by atoms with Crippen LogP contribution in [-0.2, 0) is 9.59 Å². The van der Waals surface area contributed by atoms with Gasteiger partial charge in [0.1, 0.15) is 5.82 Å². The number of hydrogen-bond acceptors (Lipinski definition) is 2. The Kier molecular flexibility index (Phi) is 6.13. The van der Waals surface area contributed by atoms with E-state index in [0.717, 1.165) is 25.7 Å². The zero-order valence-electron chi connectivity index (χ0n) is 13.8. The van der Waals surface area contributed by atoms with Crippen LogP contribution < -0.4 is 10.2 Å². The lowest BCUT2D eigenvalue weighted by atomic mass is 9.97. The highest BCUT2D eigenvalue weighted by Gasteiger charge is 2.32. The first kappa shape index (κ1) is 17.4. The number of nitrogens with one attached hydrogen (secondary N) is 1. The van der Waals surface area contributed by atoms with Crippen molar-refractivity contribution in [3.63, 3.8) is 0 Å². The molecule has 1 aliphatic heterocycles. The van der Waals surface area contributed by atoms with Crippen molar-refractivity contribution in [3.8, 4) is 0 Å². The van der Waals surface area contributed by atoms with Gasteiger partial charge < -0.3 is 10.2 Å². The molecule has 0 radical (unpaired) electrons. The molecule has 1 aliphatic rings. The molecule has 23 heavy (non-hydrogen) atoms. The second-order valence-corrected chi connectivity index (χ2v) is 6.17. The normalized spacial score (nSPS) is 17.8. The third-order valence-electron chi connectivity index (χ3n) is 4.24. The zero-order valence-corrected chi connectivity index (χ0v) is 13.8. The average molecular weight is 320 g/mol. The summed E-state index contributed by atoms with van der Waals surface area (Å²) in [5.74, 6) is -0.395. The first-order chi connectivity index (χ1) is 11.0. The summed E-state index contributed by atoms with van der Waals surface area (Å²) >= 11 is 0. The molecule has 1 N–H and O–H groups in total. The van der Waals surface area contributed by atoms with Crippen molar-refractivity contribution in [2.45, 2.75) is 52.0 Å². The number of carbonyl (C=O) groups excluding carboxylic acids is 2. The van der Waals surface area contributed by atoms with Crippen LogP contribution in [0.1, 0.15) is 46.0 Å². The lowest BCUT2D eigenvalue weighted by Crippen LogP contribution is -2.40. The fourth-order valence-electron chi connectivity index (χ4n) is 3.12. The van der Waals surface area contributed by atoms with Crippen LogP contribution in [0.25, 0.3) is 0 Å². The molecule has 1 aromatic rings. The minimum Gasteiger partial charge on any atom is -0.351 e. The van der Waals surface area contributed by atoms with Gasteiger partial charge in [0.25, 0.3) is 0 Å². The third-order valence-corrected chi connectivity index (χ3v) is 4.24. The van der Waals surface area contributed by atoms with E-state index >= 15 is 0 Å². The summed E-state index contributed by atoms with van der Waals surface area (Å²) in [7, 11) is 0. The molecule has 1 aromatic carbocycles. The first-order valence-electron chi connectivity index (χ1n) is 8.41. The second-order valence-electron chi connectivity index (χ2n) is 6.17. The van der Waals surface area contributed by atoms with Gasteiger partial charge in [-0.2, -0.15) is 0 Å². The number of anilines is 1. The van der Waals surface area contributed by atoms with E-state index in [1.807, 2.05) is 0 Å². The summed E-state index contributed by atoms with van der Waals surface area (Å²) in [4.78, 5) is 26.1. The summed E-state index contributed by atoms with van der Waals surface area (Å²) in [6.45, 7) is 4.54. The van der Waals surface area contributed by atoms with Gasteiger partial charge in [0.15, 0.2) is 0 Å². The van der Waals surface area contributed by atoms with Crippen molar-refractivity contribution in [3.05, 3.63) is 30.1 Å². The number of carbonyl (C=O) groups is 2. The van der Waals surface area contributed by atoms with E-state index in [4.69, 9.17) is 0 Å². The lowest BCUT2D eigenvalue weighted by molar-refractivity contribution is -0.126. The van der Waals surface area contributed by atoms with Crippen LogP contribution in [0.2, 0.25) is 0 Å². The molecule has 4 nitrogen and oxygen atoms in total. The first-order valence-corrected chi connectivity index (χ1v) is 8.41. The predicted octanol–water partition coefficient (Wildman–Crippen LogP) is 3.26. The van der Waals surface area contributed by atoms with Crippen LogP contribution in [-0.4, -0.2) is 24.4 Å². The Hall–Kier alpha value is -1.91. The van der Waals surface area contributed by atoms with Crippen molar-refractivity contribution in [2.24, 2.45) is 5.92 Å². The van der Waals surface area contributed by atoms with E-state index < -0.39 is 0 Å². The number of nitrogens with zero attached hydrogens (tertiary/aromatic N) is 1. The van der Waals surface area contributed by atoms with Gasteiger partial charge in [0.2, 0.25) is 11.8 Å². The van der Waals surface area contributed by atoms with Crippen molar-refractivity contribution in [1.29, 1.82) is 0 Å². The van der Waals surface area contributed by atoms with E-state index in [9.17, 15) is 14.0 Å². The fraction of sp³-hybridized carbons (Fsp3) is 0.556. The molecule has 1 saturated heterocycles. The standard InChI is InChI=1S/C18H25FN2O2/c1-3-6-13(7-4-2)18(23)20-15-11-17(22)21(12-15)16-9-5-8-14(19)10-16/h5,8-10,13,15H,3-4,6-7,11-12H2,1-2H3,(H,20,23)/t15-/m0/s1. The quantitative estimate of drug-likeness (QED) is 0.838. The monoisotopic (exact) mass is 320 g/mol. The highest BCUT2D eigenvalue weighted by molar-refractivity contribution is 5.96. The SMILES string of the molecule is CCCC(CCC)C(=O)N[C@H]1CC(=O)N(c2cccc(F)c2)C1. The van der Waals surface area contributed by atoms with E-state index in [1.165, 1.54) is 12.1 Å². The Bertz CT molecular complexity index is 556. The van der Waals surface area contributed by atoms with Gasteiger partial charge >= 0.3 is 0 Å². The zero-order chi connectivity index (χ0) is 16.8. The van der Waals surface area contributed by atoms with Gasteiger partial charge in [-0.05, 0) is 31.0 Å². The number of halogens is 1. The van der Waals surface area contributed by atoms with Crippen LogP contribution in [0.5, 0.6) is 0 Å². The number of hydrogen-bond donors (Lipinski definition) is 1. The lowest BCUT2D eigenvalue weighted by Gasteiger charge is -2.20. The average Bonchev–Trinajstić information content (AvgIpc) is 2.87. The molecule has 0 aromatic heterocycles. The van der Waals surface area contributed by atoms with Gasteiger partial charge in [0.05, 0.1) is 6.04 Å². The fourth-order valence-corrected chi connectivity index (χ4v) is 3.12. The van der Waals surface area contributed by atoms with Gasteiger partial charge in [-0.25, -0.2) is 4.39 Å². The van der Waals surface area contributed by atoms with E-state index in [2.05, 4.69) is 19.2 Å². The summed E-state index contributed by atoms with van der Waals surface area (Å²) in [6.07, 6.45) is 3.95. The maximum absolute atomic E-state index is 13.3. The van der Waals surface area contributed by atoms with E-state index in [-0.39, 0.29) is 36.0 Å². The smallest absolute Gasteiger partial charge is 0.229 e. The van der Waals surface area contributed by atoms with Gasteiger partial charge in [-0.15, -0.1) is 0 Å². The molecular weight excluding hydrogens is 295 g/mol. The Labute approximate surface area is 137 Å². The second kappa shape index (κ2) is 8.09. The Morgan fingerprint density at radius 3 is 2.65 bits per heavy atom. The number of rotatable bonds is 7. The maximum atomic E-state index is 13.3. The molecule has 2 rings (SSSR count). The minimum atomic E-state index is -0.367. The van der Waals surface area contributed by atoms with E-state index in [1.54, 1.807) is 17.0 Å². The molecule has 1 heterocycles. The Morgan fingerprint density at radius 1 is 1.35 bits per heavy atom. The maximum Gasteiger partial charge on any atom is 0.229 e. The molecule has 1 atom stereocenters. The molecule has 1 fully saturated rings. The summed E-state index contributed by atoms with van der Waals surface area (Å²) in [6, 6.07) is 5.79. The van der Waals surface area contributed by atoms with Crippen LogP contribution in [0.4, 0.5) is 10.1 Å². The molecule has 126 valence electrons. The van der Waals surface area contributed by atoms with Gasteiger partial charge in [0, 0.05) is 24.6 Å². The molecular formula is C18H25FN2O2. The minimum absolute atomic E-state index is 0.0170. The highest BCUT2D eigenvalue weighted by atomic mass is 19.1. The van der Waals surface area contributed by atoms with Crippen molar-refractivity contribution in [1.82, 2.24) is 5.32 Å². The predicted molar refractivity (Wildman–Crippen MR) is 88.6 cm³/mol. The van der Waals surface area contributed by atoms with Crippen LogP contribution in [0.15, 0.2) is 24.3 Å². The van der Waals surface area contributed by atoms with E-state index in [0.29, 0.717) is 12.2 Å². The molecule has 0 saturated carbocycles. The van der Waals surface area contributed by atoms with Crippen molar-refractivity contribution >= 4 is 17.5 Å². The van der Waals surface area contributed by atoms with Crippen molar-refractivity contribution < 1.29 is 14.0 Å². The number of amides is 2. The number of benzene rings is 1. The highest BCUT2D eigenvalue weighted by Crippen LogP contribution is 2.23. The Morgan fingerprint density at radius 2 is 2.04 bits per heavy atom. The molecule has 0 spiro atoms. The third kappa shape index (κ3) is 4.53. The van der Waals surface area contributed by atoms with Crippen LogP contribution >= 0.6 is 0 Å².